The third-order valence-corrected chi connectivity index (χ3v) is 8.65. The van der Waals surface area contributed by atoms with Crippen LogP contribution in [0.1, 0.15) is 92.9 Å². The summed E-state index contributed by atoms with van der Waals surface area (Å²) in [6, 6.07) is 11.4. The van der Waals surface area contributed by atoms with Crippen LogP contribution in [0.3, 0.4) is 0 Å². The second kappa shape index (κ2) is 15.7. The third kappa shape index (κ3) is 9.56. The van der Waals surface area contributed by atoms with E-state index in [2.05, 4.69) is 24.3 Å². The Balaban J connectivity index is 0.000000208. The molecule has 0 heterocycles. The molecule has 37 heavy (non-hydrogen) atoms. The van der Waals surface area contributed by atoms with Crippen LogP contribution in [0.25, 0.3) is 0 Å². The Morgan fingerprint density at radius 3 is 1.95 bits per heavy atom. The first kappa shape index (κ1) is 29.9. The van der Waals surface area contributed by atoms with E-state index < -0.39 is 0 Å². The maximum atomic E-state index is 13.7. The summed E-state index contributed by atoms with van der Waals surface area (Å²) in [4.78, 5) is 0. The van der Waals surface area contributed by atoms with Gasteiger partial charge in [-0.15, -0.1) is 0 Å². The average molecular weight is 548 g/mol. The molecule has 202 valence electrons. The van der Waals surface area contributed by atoms with Crippen LogP contribution in [0.5, 0.6) is 0 Å². The summed E-state index contributed by atoms with van der Waals surface area (Å²) in [5.41, 5.74) is 7.12. The van der Waals surface area contributed by atoms with E-state index in [0.29, 0.717) is 17.8 Å². The summed E-state index contributed by atoms with van der Waals surface area (Å²) >= 11 is 11.2. The van der Waals surface area contributed by atoms with Gasteiger partial charge in [-0.25, -0.2) is 8.78 Å². The lowest BCUT2D eigenvalue weighted by atomic mass is 9.78. The van der Waals surface area contributed by atoms with Gasteiger partial charge in [0.2, 0.25) is 0 Å². The molecule has 2 aliphatic carbocycles. The molecule has 0 bridgehead atoms. The van der Waals surface area contributed by atoms with Gasteiger partial charge in [0.05, 0.1) is 0 Å². The van der Waals surface area contributed by atoms with E-state index in [9.17, 15) is 8.78 Å². The zero-order valence-electron chi connectivity index (χ0n) is 22.4. The Labute approximate surface area is 233 Å². The van der Waals surface area contributed by atoms with Crippen molar-refractivity contribution in [2.75, 3.05) is 0 Å². The molecule has 4 rings (SSSR count). The summed E-state index contributed by atoms with van der Waals surface area (Å²) in [6.45, 7) is 3.80. The van der Waals surface area contributed by atoms with Gasteiger partial charge in [0.25, 0.3) is 0 Å². The Bertz CT molecular complexity index is 1010. The molecule has 0 saturated heterocycles. The predicted octanol–water partition coefficient (Wildman–Crippen LogP) is 11.0. The predicted molar refractivity (Wildman–Crippen MR) is 155 cm³/mol. The van der Waals surface area contributed by atoms with Crippen molar-refractivity contribution in [1.82, 2.24) is 0 Å². The number of allylic oxidation sites excluding steroid dienone is 2. The fourth-order valence-electron chi connectivity index (χ4n) is 5.79. The number of hydrogen-bond acceptors (Lipinski definition) is 0. The quantitative estimate of drug-likeness (QED) is 0.323. The van der Waals surface area contributed by atoms with Crippen LogP contribution in [0.15, 0.2) is 59.6 Å². The smallest absolute Gasteiger partial charge is 0.126 e. The molecule has 2 saturated carbocycles. The Kier molecular flexibility index (Phi) is 12.7. The first-order chi connectivity index (χ1) is 17.9. The van der Waals surface area contributed by atoms with Crippen LogP contribution < -0.4 is 0 Å². The topological polar surface area (TPSA) is 0 Å². The van der Waals surface area contributed by atoms with Crippen molar-refractivity contribution in [2.24, 2.45) is 17.8 Å². The number of hydrogen-bond donors (Lipinski definition) is 0. The standard InChI is InChI=1S/C18H24ClF.C15H18ClF/c1-2-17-10-9-16(13-18(17)20)8-7-14-3-5-15(6-4-14)11-12-19;1-11-2-5-14(10-15(11)17)13-6-3-12(4-7-13)8-9-16/h9-15H,2-8H2,1H3;2,5,8-10,12-13H,3-4,6-7H2,1H3/b12-11+;9-8+. The average Bonchev–Trinajstić information content (AvgIpc) is 2.91. The fraction of sp³-hybridized carbons (Fsp3) is 0.515. The molecule has 0 N–H and O–H groups in total. The summed E-state index contributed by atoms with van der Waals surface area (Å²) in [6.07, 6.45) is 16.8. The molecule has 2 aromatic carbocycles. The number of aryl methyl sites for hydroxylation is 3. The summed E-state index contributed by atoms with van der Waals surface area (Å²) in [5.74, 6) is 2.48. The molecule has 4 heteroatoms. The highest BCUT2D eigenvalue weighted by Gasteiger charge is 2.21. The Hall–Kier alpha value is -1.64. The van der Waals surface area contributed by atoms with E-state index in [1.54, 1.807) is 30.1 Å². The largest absolute Gasteiger partial charge is 0.207 e. The third-order valence-electron chi connectivity index (χ3n) is 8.36. The molecular weight excluding hydrogens is 505 g/mol. The van der Waals surface area contributed by atoms with Gasteiger partial charge in [0, 0.05) is 11.1 Å². The number of benzene rings is 2. The summed E-state index contributed by atoms with van der Waals surface area (Å²) < 4.78 is 27.2. The van der Waals surface area contributed by atoms with Crippen molar-refractivity contribution >= 4 is 23.2 Å². The minimum absolute atomic E-state index is 0.0408. The lowest BCUT2D eigenvalue weighted by molar-refractivity contribution is 0.296. The van der Waals surface area contributed by atoms with Crippen LogP contribution in [-0.2, 0) is 12.8 Å². The van der Waals surface area contributed by atoms with Gasteiger partial charge in [-0.3, -0.25) is 0 Å². The van der Waals surface area contributed by atoms with Gasteiger partial charge in [-0.1, -0.05) is 66.5 Å². The number of halogens is 4. The Morgan fingerprint density at radius 2 is 1.41 bits per heavy atom. The van der Waals surface area contributed by atoms with Gasteiger partial charge in [0.1, 0.15) is 11.6 Å². The molecular formula is C33H42Cl2F2. The normalized spacial score (nSPS) is 24.3. The van der Waals surface area contributed by atoms with Gasteiger partial charge in [-0.2, -0.15) is 0 Å². The number of rotatable bonds is 7. The lowest BCUT2D eigenvalue weighted by Gasteiger charge is -2.27. The lowest BCUT2D eigenvalue weighted by Crippen LogP contribution is -2.13. The monoisotopic (exact) mass is 546 g/mol. The molecule has 2 aliphatic rings. The second-order valence-corrected chi connectivity index (χ2v) is 11.4. The first-order valence-electron chi connectivity index (χ1n) is 14.0. The van der Waals surface area contributed by atoms with Gasteiger partial charge < -0.3 is 0 Å². The van der Waals surface area contributed by atoms with Gasteiger partial charge >= 0.3 is 0 Å². The minimum atomic E-state index is -0.0784. The highest BCUT2D eigenvalue weighted by atomic mass is 35.5. The van der Waals surface area contributed by atoms with E-state index >= 15 is 0 Å². The molecule has 0 aromatic heterocycles. The van der Waals surface area contributed by atoms with E-state index in [-0.39, 0.29) is 11.6 Å². The molecule has 0 spiro atoms. The van der Waals surface area contributed by atoms with Crippen molar-refractivity contribution in [1.29, 1.82) is 0 Å². The summed E-state index contributed by atoms with van der Waals surface area (Å²) in [5, 5.41) is 0. The van der Waals surface area contributed by atoms with Crippen molar-refractivity contribution in [3.05, 3.63) is 93.5 Å². The fourth-order valence-corrected chi connectivity index (χ4v) is 6.20. The van der Waals surface area contributed by atoms with Crippen LogP contribution in [-0.4, -0.2) is 0 Å². The molecule has 0 nitrogen and oxygen atoms in total. The highest BCUT2D eigenvalue weighted by Crippen LogP contribution is 2.37. The van der Waals surface area contributed by atoms with Crippen LogP contribution >= 0.6 is 23.2 Å². The van der Waals surface area contributed by atoms with Gasteiger partial charge in [0.15, 0.2) is 0 Å². The van der Waals surface area contributed by atoms with Crippen molar-refractivity contribution in [2.45, 2.75) is 90.4 Å². The first-order valence-corrected chi connectivity index (χ1v) is 14.9. The maximum absolute atomic E-state index is 13.7. The van der Waals surface area contributed by atoms with Crippen molar-refractivity contribution in [3.63, 3.8) is 0 Å². The maximum Gasteiger partial charge on any atom is 0.126 e. The molecule has 2 aromatic rings. The van der Waals surface area contributed by atoms with E-state index in [0.717, 1.165) is 66.7 Å². The molecule has 0 unspecified atom stereocenters. The zero-order chi connectivity index (χ0) is 26.6. The van der Waals surface area contributed by atoms with Crippen LogP contribution in [0.4, 0.5) is 8.78 Å². The molecule has 0 amide bonds. The zero-order valence-corrected chi connectivity index (χ0v) is 23.9. The van der Waals surface area contributed by atoms with Gasteiger partial charge in [-0.05, 0) is 136 Å². The highest BCUT2D eigenvalue weighted by molar-refractivity contribution is 6.25. The van der Waals surface area contributed by atoms with E-state index in [1.165, 1.54) is 32.1 Å². The van der Waals surface area contributed by atoms with Crippen LogP contribution in [0.2, 0.25) is 0 Å². The van der Waals surface area contributed by atoms with Crippen molar-refractivity contribution < 1.29 is 8.78 Å². The van der Waals surface area contributed by atoms with Crippen LogP contribution in [0, 0.1) is 36.3 Å². The molecule has 0 radical (unpaired) electrons. The van der Waals surface area contributed by atoms with Crippen molar-refractivity contribution in [3.8, 4) is 0 Å². The van der Waals surface area contributed by atoms with E-state index in [4.69, 9.17) is 23.2 Å². The second-order valence-electron chi connectivity index (χ2n) is 10.9. The molecule has 0 aliphatic heterocycles. The molecule has 2 fully saturated rings. The minimum Gasteiger partial charge on any atom is -0.207 e. The summed E-state index contributed by atoms with van der Waals surface area (Å²) in [7, 11) is 0. The SMILES string of the molecule is CCc1ccc(CCC2CCC(/C=C/Cl)CC2)cc1F.Cc1ccc(C2CCC(/C=C/Cl)CC2)cc1F. The Morgan fingerprint density at radius 1 is 0.784 bits per heavy atom. The molecule has 0 atom stereocenters. The van der Waals surface area contributed by atoms with E-state index in [1.807, 2.05) is 19.1 Å².